The summed E-state index contributed by atoms with van der Waals surface area (Å²) in [5.41, 5.74) is 1.62. The number of aromatic nitrogens is 1. The summed E-state index contributed by atoms with van der Waals surface area (Å²) in [5.74, 6) is 1.01. The van der Waals surface area contributed by atoms with Gasteiger partial charge in [0.1, 0.15) is 23.6 Å². The van der Waals surface area contributed by atoms with Crippen LogP contribution in [0.5, 0.6) is 11.5 Å². The molecule has 2 heterocycles. The van der Waals surface area contributed by atoms with Crippen LogP contribution in [0.25, 0.3) is 11.3 Å². The van der Waals surface area contributed by atoms with Crippen molar-refractivity contribution in [1.82, 2.24) is 5.16 Å². The van der Waals surface area contributed by atoms with Crippen molar-refractivity contribution in [2.45, 2.75) is 13.5 Å². The van der Waals surface area contributed by atoms with Crippen LogP contribution >= 0.6 is 23.2 Å². The Labute approximate surface area is 164 Å². The molecule has 27 heavy (non-hydrogen) atoms. The molecule has 0 spiro atoms. The van der Waals surface area contributed by atoms with E-state index in [0.717, 1.165) is 5.56 Å². The van der Waals surface area contributed by atoms with E-state index in [2.05, 4.69) is 5.16 Å². The molecule has 0 radical (unpaired) electrons. The highest BCUT2D eigenvalue weighted by atomic mass is 35.5. The summed E-state index contributed by atoms with van der Waals surface area (Å²) >= 11 is 12.5. The van der Waals surface area contributed by atoms with E-state index in [0.29, 0.717) is 32.9 Å². The molecule has 1 aromatic heterocycles. The fourth-order valence-corrected chi connectivity index (χ4v) is 3.34. The smallest absolute Gasteiger partial charge is 0.344 e. The average Bonchev–Trinajstić information content (AvgIpc) is 3.26. The minimum Gasteiger partial charge on any atom is -0.457 e. The molecule has 138 valence electrons. The molecule has 0 N–H and O–H groups in total. The van der Waals surface area contributed by atoms with E-state index < -0.39 is 5.97 Å². The van der Waals surface area contributed by atoms with Crippen molar-refractivity contribution in [1.29, 1.82) is 0 Å². The predicted molar refractivity (Wildman–Crippen MR) is 98.4 cm³/mol. The van der Waals surface area contributed by atoms with Crippen molar-refractivity contribution in [3.8, 4) is 22.8 Å². The van der Waals surface area contributed by atoms with E-state index in [4.69, 9.17) is 41.9 Å². The Morgan fingerprint density at radius 1 is 1.15 bits per heavy atom. The third kappa shape index (κ3) is 3.34. The molecule has 0 aliphatic carbocycles. The van der Waals surface area contributed by atoms with Crippen LogP contribution < -0.4 is 9.47 Å². The van der Waals surface area contributed by atoms with Crippen molar-refractivity contribution < 1.29 is 23.5 Å². The van der Waals surface area contributed by atoms with Gasteiger partial charge in [0.25, 0.3) is 0 Å². The summed E-state index contributed by atoms with van der Waals surface area (Å²) < 4.78 is 21.2. The van der Waals surface area contributed by atoms with E-state index in [1.807, 2.05) is 0 Å². The lowest BCUT2D eigenvalue weighted by molar-refractivity contribution is 0.0471. The van der Waals surface area contributed by atoms with Gasteiger partial charge in [-0.25, -0.2) is 4.79 Å². The molecule has 1 aliphatic rings. The molecule has 0 saturated carbocycles. The Kier molecular flexibility index (Phi) is 4.68. The SMILES string of the molecule is Cc1onc(-c2c(Cl)cccc2Cl)c1C(=O)OCc1ccc2c(c1)OCO2. The third-order valence-corrected chi connectivity index (χ3v) is 4.70. The lowest BCUT2D eigenvalue weighted by Gasteiger charge is -2.08. The summed E-state index contributed by atoms with van der Waals surface area (Å²) in [6.45, 7) is 1.86. The molecule has 0 fully saturated rings. The molecular formula is C19H13Cl2NO5. The van der Waals surface area contributed by atoms with Crippen LogP contribution in [0.3, 0.4) is 0 Å². The van der Waals surface area contributed by atoms with Crippen LogP contribution in [0.2, 0.25) is 10.0 Å². The van der Waals surface area contributed by atoms with Crippen molar-refractivity contribution in [2.75, 3.05) is 6.79 Å². The molecule has 0 bridgehead atoms. The number of halogens is 2. The second-order valence-electron chi connectivity index (χ2n) is 5.82. The molecule has 0 unspecified atom stereocenters. The maximum atomic E-state index is 12.7. The fraction of sp³-hybridized carbons (Fsp3) is 0.158. The van der Waals surface area contributed by atoms with E-state index in [1.54, 1.807) is 43.3 Å². The van der Waals surface area contributed by atoms with Gasteiger partial charge in [0, 0.05) is 5.56 Å². The Morgan fingerprint density at radius 2 is 1.89 bits per heavy atom. The van der Waals surface area contributed by atoms with Crippen LogP contribution in [0, 0.1) is 6.92 Å². The zero-order chi connectivity index (χ0) is 19.0. The van der Waals surface area contributed by atoms with E-state index >= 15 is 0 Å². The standard InChI is InChI=1S/C19H13Cl2NO5/c1-10-16(18(22-27-10)17-12(20)3-2-4-13(17)21)19(23)24-8-11-5-6-14-15(7-11)26-9-25-14/h2-7H,8-9H2,1H3. The first-order chi connectivity index (χ1) is 13.0. The van der Waals surface area contributed by atoms with Crippen molar-refractivity contribution in [2.24, 2.45) is 0 Å². The maximum Gasteiger partial charge on any atom is 0.344 e. The number of fused-ring (bicyclic) bond motifs is 1. The number of esters is 1. The minimum atomic E-state index is -0.586. The summed E-state index contributed by atoms with van der Waals surface area (Å²) in [4.78, 5) is 12.7. The first kappa shape index (κ1) is 17.7. The number of ether oxygens (including phenoxy) is 3. The molecule has 0 amide bonds. The third-order valence-electron chi connectivity index (χ3n) is 4.07. The van der Waals surface area contributed by atoms with Crippen molar-refractivity contribution >= 4 is 29.2 Å². The summed E-state index contributed by atoms with van der Waals surface area (Å²) in [6, 6.07) is 10.4. The van der Waals surface area contributed by atoms with Gasteiger partial charge in [-0.05, 0) is 36.8 Å². The molecule has 4 rings (SSSR count). The lowest BCUT2D eigenvalue weighted by Crippen LogP contribution is -2.07. The largest absolute Gasteiger partial charge is 0.457 e. The highest BCUT2D eigenvalue weighted by molar-refractivity contribution is 6.39. The van der Waals surface area contributed by atoms with Gasteiger partial charge >= 0.3 is 5.97 Å². The van der Waals surface area contributed by atoms with E-state index in [1.165, 1.54) is 0 Å². The number of carbonyl (C=O) groups is 1. The highest BCUT2D eigenvalue weighted by Gasteiger charge is 2.26. The van der Waals surface area contributed by atoms with Gasteiger partial charge in [0.2, 0.25) is 6.79 Å². The van der Waals surface area contributed by atoms with Crippen molar-refractivity contribution in [3.63, 3.8) is 0 Å². The monoisotopic (exact) mass is 405 g/mol. The van der Waals surface area contributed by atoms with Crippen LogP contribution in [-0.2, 0) is 11.3 Å². The highest BCUT2D eigenvalue weighted by Crippen LogP contribution is 2.37. The number of benzene rings is 2. The molecule has 3 aromatic rings. The van der Waals surface area contributed by atoms with Crippen molar-refractivity contribution in [3.05, 3.63) is 63.3 Å². The van der Waals surface area contributed by atoms with Crippen LogP contribution in [0.1, 0.15) is 21.7 Å². The second-order valence-corrected chi connectivity index (χ2v) is 6.64. The molecule has 1 aliphatic heterocycles. The zero-order valence-electron chi connectivity index (χ0n) is 14.1. The number of carbonyl (C=O) groups excluding carboxylic acids is 1. The molecule has 6 nitrogen and oxygen atoms in total. The average molecular weight is 406 g/mol. The van der Waals surface area contributed by atoms with Crippen LogP contribution in [0.4, 0.5) is 0 Å². The first-order valence-corrected chi connectivity index (χ1v) is 8.76. The number of hydrogen-bond donors (Lipinski definition) is 0. The summed E-state index contributed by atoms with van der Waals surface area (Å²) in [5, 5.41) is 4.67. The zero-order valence-corrected chi connectivity index (χ0v) is 15.6. The van der Waals surface area contributed by atoms with Gasteiger partial charge in [-0.15, -0.1) is 0 Å². The Balaban J connectivity index is 1.59. The molecule has 0 atom stereocenters. The van der Waals surface area contributed by atoms with E-state index in [-0.39, 0.29) is 24.7 Å². The number of aryl methyl sites for hydroxylation is 1. The van der Waals surface area contributed by atoms with Crippen LogP contribution in [-0.4, -0.2) is 17.9 Å². The quantitative estimate of drug-likeness (QED) is 0.566. The number of hydrogen-bond acceptors (Lipinski definition) is 6. The van der Waals surface area contributed by atoms with Gasteiger partial charge in [-0.1, -0.05) is 40.5 Å². The normalized spacial score (nSPS) is 12.3. The molecular weight excluding hydrogens is 393 g/mol. The Hall–Kier alpha value is -2.70. The summed E-state index contributed by atoms with van der Waals surface area (Å²) in [7, 11) is 0. The first-order valence-electron chi connectivity index (χ1n) is 8.01. The predicted octanol–water partition coefficient (Wildman–Crippen LogP) is 5.04. The van der Waals surface area contributed by atoms with Crippen LogP contribution in [0.15, 0.2) is 40.9 Å². The lowest BCUT2D eigenvalue weighted by atomic mass is 10.1. The molecule has 0 saturated heterocycles. The van der Waals surface area contributed by atoms with E-state index in [9.17, 15) is 4.79 Å². The van der Waals surface area contributed by atoms with Gasteiger partial charge in [-0.2, -0.15) is 0 Å². The minimum absolute atomic E-state index is 0.0514. The van der Waals surface area contributed by atoms with Gasteiger partial charge in [0.15, 0.2) is 11.5 Å². The van der Waals surface area contributed by atoms with Gasteiger partial charge in [0.05, 0.1) is 10.0 Å². The summed E-state index contributed by atoms with van der Waals surface area (Å²) in [6.07, 6.45) is 0. The topological polar surface area (TPSA) is 70.8 Å². The number of nitrogens with zero attached hydrogens (tertiary/aromatic N) is 1. The fourth-order valence-electron chi connectivity index (χ4n) is 2.76. The Bertz CT molecular complexity index is 1010. The maximum absolute atomic E-state index is 12.7. The molecule has 2 aromatic carbocycles. The van der Waals surface area contributed by atoms with Gasteiger partial charge in [-0.3, -0.25) is 0 Å². The second kappa shape index (κ2) is 7.13. The number of rotatable bonds is 4. The molecule has 8 heteroatoms. The Morgan fingerprint density at radius 3 is 2.67 bits per heavy atom. The van der Waals surface area contributed by atoms with Gasteiger partial charge < -0.3 is 18.7 Å².